The summed E-state index contributed by atoms with van der Waals surface area (Å²) in [5.41, 5.74) is 0.448. The molecule has 0 aliphatic carbocycles. The van der Waals surface area contributed by atoms with Gasteiger partial charge in [-0.2, -0.15) is 0 Å². The van der Waals surface area contributed by atoms with E-state index >= 15 is 0 Å². The fraction of sp³-hybridized carbons (Fsp3) is 1.00. The average Bonchev–Trinajstić information content (AvgIpc) is 2.16. The highest BCUT2D eigenvalue weighted by Crippen LogP contribution is 2.30. The lowest BCUT2D eigenvalue weighted by Gasteiger charge is -2.37. The van der Waals surface area contributed by atoms with Gasteiger partial charge in [-0.25, -0.2) is 0 Å². The first-order chi connectivity index (χ1) is 6.17. The van der Waals surface area contributed by atoms with Crippen molar-refractivity contribution in [1.82, 2.24) is 10.6 Å². The molecular formula is C11H24N2. The molecule has 2 N–H and O–H groups in total. The second kappa shape index (κ2) is 4.97. The molecule has 13 heavy (non-hydrogen) atoms. The Morgan fingerprint density at radius 2 is 2.23 bits per heavy atom. The molecule has 0 amide bonds. The Bertz CT molecular complexity index is 137. The molecule has 0 saturated carbocycles. The third-order valence-electron chi connectivity index (χ3n) is 3.23. The normalized spacial score (nSPS) is 24.7. The largest absolute Gasteiger partial charge is 0.316 e. The van der Waals surface area contributed by atoms with Crippen LogP contribution in [-0.2, 0) is 0 Å². The van der Waals surface area contributed by atoms with Gasteiger partial charge in [0, 0.05) is 6.54 Å². The Hall–Kier alpha value is -0.0800. The Balaban J connectivity index is 2.36. The smallest absolute Gasteiger partial charge is 0.000553 e. The van der Waals surface area contributed by atoms with Crippen molar-refractivity contribution in [3.05, 3.63) is 0 Å². The lowest BCUT2D eigenvalue weighted by molar-refractivity contribution is 0.167. The van der Waals surface area contributed by atoms with Gasteiger partial charge in [-0.3, -0.25) is 0 Å². The molecule has 1 rings (SSSR count). The number of hydrogen-bond acceptors (Lipinski definition) is 2. The summed E-state index contributed by atoms with van der Waals surface area (Å²) in [5.74, 6) is 0.847. The predicted octanol–water partition coefficient (Wildman–Crippen LogP) is 1.62. The minimum Gasteiger partial charge on any atom is -0.316 e. The van der Waals surface area contributed by atoms with Crippen molar-refractivity contribution in [3.63, 3.8) is 0 Å². The van der Waals surface area contributed by atoms with Crippen molar-refractivity contribution in [2.24, 2.45) is 11.3 Å². The highest BCUT2D eigenvalue weighted by molar-refractivity contribution is 4.84. The van der Waals surface area contributed by atoms with E-state index in [0.717, 1.165) is 19.0 Å². The van der Waals surface area contributed by atoms with E-state index in [0.29, 0.717) is 5.41 Å². The quantitative estimate of drug-likeness (QED) is 0.694. The Labute approximate surface area is 82.5 Å². The summed E-state index contributed by atoms with van der Waals surface area (Å²) in [5, 5.41) is 6.95. The van der Waals surface area contributed by atoms with Crippen LogP contribution in [0.15, 0.2) is 0 Å². The highest BCUT2D eigenvalue weighted by Gasteiger charge is 2.29. The maximum Gasteiger partial charge on any atom is 0.000553 e. The lowest BCUT2D eigenvalue weighted by atomic mass is 9.75. The molecule has 0 radical (unpaired) electrons. The van der Waals surface area contributed by atoms with Crippen LogP contribution in [0.2, 0.25) is 0 Å². The van der Waals surface area contributed by atoms with Crippen LogP contribution in [0, 0.1) is 11.3 Å². The molecule has 2 heteroatoms. The van der Waals surface area contributed by atoms with Crippen molar-refractivity contribution < 1.29 is 0 Å². The highest BCUT2D eigenvalue weighted by atomic mass is 14.9. The van der Waals surface area contributed by atoms with Gasteiger partial charge in [-0.15, -0.1) is 0 Å². The van der Waals surface area contributed by atoms with Crippen molar-refractivity contribution in [2.45, 2.75) is 33.6 Å². The van der Waals surface area contributed by atoms with E-state index < -0.39 is 0 Å². The molecule has 0 spiro atoms. The molecule has 1 aliphatic rings. The van der Waals surface area contributed by atoms with Gasteiger partial charge >= 0.3 is 0 Å². The van der Waals surface area contributed by atoms with Gasteiger partial charge in [0.05, 0.1) is 0 Å². The lowest BCUT2D eigenvalue weighted by Crippen LogP contribution is -2.43. The van der Waals surface area contributed by atoms with E-state index in [-0.39, 0.29) is 0 Å². The van der Waals surface area contributed by atoms with Gasteiger partial charge in [0.25, 0.3) is 0 Å². The van der Waals surface area contributed by atoms with E-state index in [2.05, 4.69) is 31.4 Å². The van der Waals surface area contributed by atoms with Crippen LogP contribution in [0.5, 0.6) is 0 Å². The zero-order valence-electron chi connectivity index (χ0n) is 9.32. The molecule has 78 valence electrons. The first-order valence-corrected chi connectivity index (χ1v) is 5.58. The minimum atomic E-state index is 0.448. The van der Waals surface area contributed by atoms with Crippen LogP contribution < -0.4 is 10.6 Å². The third-order valence-corrected chi connectivity index (χ3v) is 3.23. The standard InChI is InChI=1S/C11H24N2/c1-4-12-9-11(2,3)10-6-5-7-13-8-10/h10,12-13H,4-9H2,1-3H3. The molecule has 1 atom stereocenters. The molecule has 1 fully saturated rings. The van der Waals surface area contributed by atoms with Crippen LogP contribution >= 0.6 is 0 Å². The average molecular weight is 184 g/mol. The van der Waals surface area contributed by atoms with E-state index in [1.165, 1.54) is 25.9 Å². The summed E-state index contributed by atoms with van der Waals surface area (Å²) in [6.07, 6.45) is 2.74. The van der Waals surface area contributed by atoms with Crippen molar-refractivity contribution >= 4 is 0 Å². The van der Waals surface area contributed by atoms with Crippen LogP contribution in [-0.4, -0.2) is 26.2 Å². The molecule has 1 heterocycles. The van der Waals surface area contributed by atoms with E-state index in [1.807, 2.05) is 0 Å². The molecule has 1 saturated heterocycles. The van der Waals surface area contributed by atoms with Crippen LogP contribution in [0.3, 0.4) is 0 Å². The number of piperidine rings is 1. The first-order valence-electron chi connectivity index (χ1n) is 5.58. The van der Waals surface area contributed by atoms with E-state index in [4.69, 9.17) is 0 Å². The summed E-state index contributed by atoms with van der Waals surface area (Å²) >= 11 is 0. The Morgan fingerprint density at radius 3 is 2.77 bits per heavy atom. The van der Waals surface area contributed by atoms with Gasteiger partial charge in [-0.05, 0) is 43.8 Å². The van der Waals surface area contributed by atoms with Gasteiger partial charge in [-0.1, -0.05) is 20.8 Å². The van der Waals surface area contributed by atoms with Gasteiger partial charge in [0.15, 0.2) is 0 Å². The summed E-state index contributed by atoms with van der Waals surface area (Å²) in [6, 6.07) is 0. The molecule has 0 bridgehead atoms. The Kier molecular flexibility index (Phi) is 4.20. The zero-order valence-corrected chi connectivity index (χ0v) is 9.32. The van der Waals surface area contributed by atoms with Crippen molar-refractivity contribution in [3.8, 4) is 0 Å². The Morgan fingerprint density at radius 1 is 1.46 bits per heavy atom. The SMILES string of the molecule is CCNCC(C)(C)C1CCCNC1. The van der Waals surface area contributed by atoms with E-state index in [1.54, 1.807) is 0 Å². The summed E-state index contributed by atoms with van der Waals surface area (Å²) in [4.78, 5) is 0. The molecule has 1 aliphatic heterocycles. The maximum absolute atomic E-state index is 3.49. The monoisotopic (exact) mass is 184 g/mol. The van der Waals surface area contributed by atoms with Crippen LogP contribution in [0.25, 0.3) is 0 Å². The van der Waals surface area contributed by atoms with Gasteiger partial charge < -0.3 is 10.6 Å². The summed E-state index contributed by atoms with van der Waals surface area (Å²) in [7, 11) is 0. The zero-order chi connectivity index (χ0) is 9.73. The fourth-order valence-electron chi connectivity index (χ4n) is 2.11. The van der Waals surface area contributed by atoms with Gasteiger partial charge in [0.1, 0.15) is 0 Å². The predicted molar refractivity (Wildman–Crippen MR) is 57.9 cm³/mol. The molecule has 0 aromatic carbocycles. The second-order valence-corrected chi connectivity index (χ2v) is 4.81. The third kappa shape index (κ3) is 3.28. The molecular weight excluding hydrogens is 160 g/mol. The topological polar surface area (TPSA) is 24.1 Å². The number of rotatable bonds is 4. The number of hydrogen-bond donors (Lipinski definition) is 2. The van der Waals surface area contributed by atoms with Crippen molar-refractivity contribution in [2.75, 3.05) is 26.2 Å². The molecule has 1 unspecified atom stereocenters. The minimum absolute atomic E-state index is 0.448. The number of nitrogens with one attached hydrogen (secondary N) is 2. The van der Waals surface area contributed by atoms with Crippen LogP contribution in [0.1, 0.15) is 33.6 Å². The van der Waals surface area contributed by atoms with Gasteiger partial charge in [0.2, 0.25) is 0 Å². The molecule has 0 aromatic heterocycles. The molecule has 0 aromatic rings. The second-order valence-electron chi connectivity index (χ2n) is 4.81. The van der Waals surface area contributed by atoms with E-state index in [9.17, 15) is 0 Å². The summed E-state index contributed by atoms with van der Waals surface area (Å²) < 4.78 is 0. The summed E-state index contributed by atoms with van der Waals surface area (Å²) in [6.45, 7) is 11.6. The van der Waals surface area contributed by atoms with Crippen LogP contribution in [0.4, 0.5) is 0 Å². The first kappa shape index (κ1) is 11.0. The van der Waals surface area contributed by atoms with Crippen molar-refractivity contribution in [1.29, 1.82) is 0 Å². The maximum atomic E-state index is 3.49. The fourth-order valence-corrected chi connectivity index (χ4v) is 2.11. The molecule has 2 nitrogen and oxygen atoms in total.